The second-order valence-electron chi connectivity index (χ2n) is 7.84. The van der Waals surface area contributed by atoms with Gasteiger partial charge in [0.25, 0.3) is 0 Å². The van der Waals surface area contributed by atoms with Crippen LogP contribution in [0, 0.1) is 5.92 Å². The van der Waals surface area contributed by atoms with Crippen molar-refractivity contribution < 1.29 is 17.9 Å². The van der Waals surface area contributed by atoms with Crippen molar-refractivity contribution in [1.82, 2.24) is 4.72 Å². The highest BCUT2D eigenvalue weighted by atomic mass is 32.2. The standard InChI is InChI=1S/C21H25N5O4S2/c1-14(2)19(25-32(28,29)18-9-5-7-16-20(18)24-31-23-16)21(27)22-15-6-3-4-8-17(15)26-10-12-30-13-11-26/h3-9,14,19,25H,10-13H2,1-2H3,(H,22,27)/t19-/m0/s1. The van der Waals surface area contributed by atoms with Crippen LogP contribution in [0.5, 0.6) is 0 Å². The van der Waals surface area contributed by atoms with Gasteiger partial charge in [-0.2, -0.15) is 13.4 Å². The number of amides is 1. The quantitative estimate of drug-likeness (QED) is 0.545. The number of rotatable bonds is 7. The minimum absolute atomic E-state index is 0.0101. The highest BCUT2D eigenvalue weighted by Crippen LogP contribution is 2.37. The van der Waals surface area contributed by atoms with E-state index in [1.165, 1.54) is 6.07 Å². The van der Waals surface area contributed by atoms with Crippen LogP contribution in [0.3, 0.4) is 0 Å². The molecular formula is C21H25N5O4S2. The second-order valence-corrected chi connectivity index (χ2v) is 10.0. The minimum Gasteiger partial charge on any atom is -0.378 e. The van der Waals surface area contributed by atoms with E-state index in [1.807, 2.05) is 24.3 Å². The van der Waals surface area contributed by atoms with Crippen LogP contribution in [0.1, 0.15) is 13.8 Å². The summed E-state index contributed by atoms with van der Waals surface area (Å²) >= 11 is 0.946. The van der Waals surface area contributed by atoms with Gasteiger partial charge < -0.3 is 15.0 Å². The molecule has 1 atom stereocenters. The molecule has 2 aromatic carbocycles. The van der Waals surface area contributed by atoms with E-state index < -0.39 is 22.0 Å². The van der Waals surface area contributed by atoms with Crippen molar-refractivity contribution in [3.05, 3.63) is 42.5 Å². The summed E-state index contributed by atoms with van der Waals surface area (Å²) in [7, 11) is -4.00. The van der Waals surface area contributed by atoms with E-state index in [0.717, 1.165) is 30.1 Å². The number of nitrogens with zero attached hydrogens (tertiary/aromatic N) is 3. The van der Waals surface area contributed by atoms with E-state index in [-0.39, 0.29) is 10.8 Å². The molecule has 0 aliphatic carbocycles. The topological polar surface area (TPSA) is 112 Å². The number of hydrogen-bond donors (Lipinski definition) is 2. The van der Waals surface area contributed by atoms with Gasteiger partial charge in [-0.25, -0.2) is 8.42 Å². The van der Waals surface area contributed by atoms with Crippen LogP contribution in [0.15, 0.2) is 56.1 Å². The third kappa shape index (κ3) is 4.75. The molecule has 1 amide bonds. The number of sulfonamides is 1. The summed E-state index contributed by atoms with van der Waals surface area (Å²) in [6.07, 6.45) is 0. The number of nitrogens with one attached hydrogen (secondary N) is 2. The molecule has 2 N–H and O–H groups in total. The molecule has 2 heterocycles. The maximum absolute atomic E-state index is 13.2. The van der Waals surface area contributed by atoms with Crippen LogP contribution in [-0.2, 0) is 30.9 Å². The average molecular weight is 476 g/mol. The smallest absolute Gasteiger partial charge is 0.243 e. The Morgan fingerprint density at radius 2 is 1.84 bits per heavy atom. The first-order valence-corrected chi connectivity index (χ1v) is 12.5. The summed E-state index contributed by atoms with van der Waals surface area (Å²) in [5.41, 5.74) is 2.32. The van der Waals surface area contributed by atoms with Crippen molar-refractivity contribution in [3.63, 3.8) is 0 Å². The van der Waals surface area contributed by atoms with Gasteiger partial charge >= 0.3 is 0 Å². The highest BCUT2D eigenvalue weighted by Gasteiger charge is 2.31. The SMILES string of the molecule is CC(C)[C@H](NS(=O)(=O)c1cccc2c1N=S=N2)C(=O)Nc1ccccc1N1CCOCC1. The van der Waals surface area contributed by atoms with Crippen molar-refractivity contribution in [2.24, 2.45) is 14.6 Å². The van der Waals surface area contributed by atoms with Crippen LogP contribution in [0.4, 0.5) is 22.7 Å². The molecule has 170 valence electrons. The summed E-state index contributed by atoms with van der Waals surface area (Å²) in [5.74, 6) is -0.707. The summed E-state index contributed by atoms with van der Waals surface area (Å²) in [5, 5.41) is 2.92. The molecule has 0 aromatic heterocycles. The maximum atomic E-state index is 13.2. The Morgan fingerprint density at radius 1 is 1.09 bits per heavy atom. The van der Waals surface area contributed by atoms with Crippen molar-refractivity contribution >= 4 is 50.0 Å². The minimum atomic E-state index is -4.00. The lowest BCUT2D eigenvalue weighted by Gasteiger charge is -2.31. The summed E-state index contributed by atoms with van der Waals surface area (Å²) in [6, 6.07) is 11.3. The number of carbonyl (C=O) groups excluding carboxylic acids is 1. The average Bonchev–Trinajstić information content (AvgIpc) is 3.27. The number of fused-ring (bicyclic) bond motifs is 1. The van der Waals surface area contributed by atoms with Gasteiger partial charge in [0.1, 0.15) is 22.3 Å². The molecule has 2 aliphatic heterocycles. The molecule has 2 aromatic rings. The number of benzene rings is 2. The lowest BCUT2D eigenvalue weighted by molar-refractivity contribution is -0.118. The van der Waals surface area contributed by atoms with Crippen LogP contribution < -0.4 is 14.9 Å². The van der Waals surface area contributed by atoms with E-state index in [1.54, 1.807) is 26.0 Å². The van der Waals surface area contributed by atoms with Gasteiger partial charge in [0.2, 0.25) is 15.9 Å². The van der Waals surface area contributed by atoms with E-state index in [2.05, 4.69) is 23.7 Å². The molecule has 0 bridgehead atoms. The van der Waals surface area contributed by atoms with Gasteiger partial charge in [-0.1, -0.05) is 32.0 Å². The van der Waals surface area contributed by atoms with Crippen molar-refractivity contribution in [2.75, 3.05) is 36.5 Å². The largest absolute Gasteiger partial charge is 0.378 e. The number of ether oxygens (including phenoxy) is 1. The van der Waals surface area contributed by atoms with Crippen LogP contribution in [0.2, 0.25) is 0 Å². The molecule has 32 heavy (non-hydrogen) atoms. The Hall–Kier alpha value is -2.60. The Labute approximate surface area is 191 Å². The van der Waals surface area contributed by atoms with E-state index >= 15 is 0 Å². The fraction of sp³-hybridized carbons (Fsp3) is 0.381. The third-order valence-corrected chi connectivity index (χ3v) is 7.30. The highest BCUT2D eigenvalue weighted by molar-refractivity contribution is 7.89. The van der Waals surface area contributed by atoms with Gasteiger partial charge in [0, 0.05) is 13.1 Å². The zero-order chi connectivity index (χ0) is 22.7. The van der Waals surface area contributed by atoms with Gasteiger partial charge in [0.05, 0.1) is 35.9 Å². The second kappa shape index (κ2) is 9.49. The normalized spacial score (nSPS) is 16.5. The maximum Gasteiger partial charge on any atom is 0.243 e. The van der Waals surface area contributed by atoms with Crippen molar-refractivity contribution in [1.29, 1.82) is 0 Å². The van der Waals surface area contributed by atoms with Crippen molar-refractivity contribution in [2.45, 2.75) is 24.8 Å². The molecule has 9 nitrogen and oxygen atoms in total. The van der Waals surface area contributed by atoms with E-state index in [4.69, 9.17) is 4.74 Å². The zero-order valence-electron chi connectivity index (χ0n) is 17.8. The molecular weight excluding hydrogens is 450 g/mol. The molecule has 1 fully saturated rings. The summed E-state index contributed by atoms with van der Waals surface area (Å²) in [4.78, 5) is 15.4. The van der Waals surface area contributed by atoms with E-state index in [9.17, 15) is 13.2 Å². The van der Waals surface area contributed by atoms with Crippen LogP contribution >= 0.6 is 0 Å². The molecule has 0 unspecified atom stereocenters. The molecule has 0 spiro atoms. The molecule has 1 saturated heterocycles. The number of anilines is 2. The molecule has 4 rings (SSSR count). The Balaban J connectivity index is 1.56. The van der Waals surface area contributed by atoms with Crippen molar-refractivity contribution in [3.8, 4) is 0 Å². The summed E-state index contributed by atoms with van der Waals surface area (Å²) < 4.78 is 42.5. The Kier molecular flexibility index (Phi) is 6.70. The first-order chi connectivity index (χ1) is 15.4. The number of carbonyl (C=O) groups is 1. The first kappa shape index (κ1) is 22.6. The monoisotopic (exact) mass is 475 g/mol. The zero-order valence-corrected chi connectivity index (χ0v) is 19.4. The van der Waals surface area contributed by atoms with Crippen LogP contribution in [-0.4, -0.2) is 46.7 Å². The van der Waals surface area contributed by atoms with Gasteiger partial charge in [-0.05, 0) is 30.2 Å². The Morgan fingerprint density at radius 3 is 2.59 bits per heavy atom. The van der Waals surface area contributed by atoms with Gasteiger partial charge in [-0.15, -0.1) is 0 Å². The third-order valence-electron chi connectivity index (χ3n) is 5.28. The van der Waals surface area contributed by atoms with Gasteiger partial charge in [0.15, 0.2) is 0 Å². The van der Waals surface area contributed by atoms with Gasteiger partial charge in [-0.3, -0.25) is 4.79 Å². The molecule has 11 heteroatoms. The number of morpholine rings is 1. The first-order valence-electron chi connectivity index (χ1n) is 10.3. The lowest BCUT2D eigenvalue weighted by atomic mass is 10.0. The fourth-order valence-corrected chi connectivity index (χ4v) is 5.70. The predicted molar refractivity (Wildman–Crippen MR) is 125 cm³/mol. The van der Waals surface area contributed by atoms with Crippen LogP contribution in [0.25, 0.3) is 0 Å². The summed E-state index contributed by atoms with van der Waals surface area (Å²) in [6.45, 7) is 6.27. The predicted octanol–water partition coefficient (Wildman–Crippen LogP) is 3.19. The van der Waals surface area contributed by atoms with E-state index in [0.29, 0.717) is 30.3 Å². The lowest BCUT2D eigenvalue weighted by Crippen LogP contribution is -2.47. The Bertz CT molecular complexity index is 1190. The molecule has 0 saturated carbocycles. The fourth-order valence-electron chi connectivity index (χ4n) is 3.59. The number of para-hydroxylation sites is 2. The molecule has 2 aliphatic rings. The number of hydrogen-bond acceptors (Lipinski definition) is 7. The molecule has 0 radical (unpaired) electrons.